The van der Waals surface area contributed by atoms with Crippen LogP contribution in [-0.2, 0) is 11.3 Å². The largest absolute Gasteiger partial charge is 0.347 e. The van der Waals surface area contributed by atoms with E-state index in [9.17, 15) is 4.79 Å². The van der Waals surface area contributed by atoms with Crippen molar-refractivity contribution in [3.63, 3.8) is 0 Å². The van der Waals surface area contributed by atoms with Gasteiger partial charge in [-0.3, -0.25) is 4.79 Å². The molecule has 1 fully saturated rings. The second-order valence-electron chi connectivity index (χ2n) is 5.86. The van der Waals surface area contributed by atoms with Crippen LogP contribution in [0.25, 0.3) is 11.4 Å². The highest BCUT2D eigenvalue weighted by Gasteiger charge is 2.26. The number of carbonyl (C=O) groups is 1. The summed E-state index contributed by atoms with van der Waals surface area (Å²) in [5.41, 5.74) is 6.76. The molecule has 0 aliphatic heterocycles. The molecular formula is C16H19ClN4O2. The zero-order valence-electron chi connectivity index (χ0n) is 12.7. The van der Waals surface area contributed by atoms with Crippen molar-refractivity contribution in [1.29, 1.82) is 0 Å². The Hall–Kier alpha value is -1.92. The molecule has 1 saturated carbocycles. The first-order chi connectivity index (χ1) is 11.1. The van der Waals surface area contributed by atoms with Gasteiger partial charge in [0.05, 0.1) is 6.54 Å². The highest BCUT2D eigenvalue weighted by Crippen LogP contribution is 2.26. The third-order valence-electron chi connectivity index (χ3n) is 4.15. The minimum absolute atomic E-state index is 0.0325. The van der Waals surface area contributed by atoms with Gasteiger partial charge in [-0.1, -0.05) is 35.3 Å². The summed E-state index contributed by atoms with van der Waals surface area (Å²) in [4.78, 5) is 16.2. The number of nitrogens with one attached hydrogen (secondary N) is 1. The normalized spacial score (nSPS) is 20.6. The predicted molar refractivity (Wildman–Crippen MR) is 86.5 cm³/mol. The lowest BCUT2D eigenvalue weighted by Gasteiger charge is -2.14. The number of carbonyl (C=O) groups excluding carboxylic acids is 1. The van der Waals surface area contributed by atoms with Crippen LogP contribution in [0.15, 0.2) is 28.8 Å². The smallest absolute Gasteiger partial charge is 0.246 e. The average Bonchev–Trinajstić information content (AvgIpc) is 3.15. The van der Waals surface area contributed by atoms with E-state index in [1.165, 1.54) is 0 Å². The van der Waals surface area contributed by atoms with Crippen LogP contribution < -0.4 is 11.1 Å². The van der Waals surface area contributed by atoms with E-state index >= 15 is 0 Å². The maximum absolute atomic E-state index is 12.0. The minimum Gasteiger partial charge on any atom is -0.347 e. The quantitative estimate of drug-likeness (QED) is 0.876. The van der Waals surface area contributed by atoms with Gasteiger partial charge in [0.2, 0.25) is 17.6 Å². The highest BCUT2D eigenvalue weighted by molar-refractivity contribution is 6.30. The number of halogens is 1. The van der Waals surface area contributed by atoms with Crippen molar-refractivity contribution in [2.75, 3.05) is 0 Å². The summed E-state index contributed by atoms with van der Waals surface area (Å²) in [5.74, 6) is 1.06. The summed E-state index contributed by atoms with van der Waals surface area (Å²) in [7, 11) is 0. The number of amides is 1. The summed E-state index contributed by atoms with van der Waals surface area (Å²) in [5, 5.41) is 7.32. The van der Waals surface area contributed by atoms with E-state index in [1.807, 2.05) is 12.1 Å². The van der Waals surface area contributed by atoms with Crippen molar-refractivity contribution >= 4 is 17.5 Å². The molecule has 1 amide bonds. The summed E-state index contributed by atoms with van der Waals surface area (Å²) >= 11 is 5.94. The third kappa shape index (κ3) is 4.09. The molecule has 3 rings (SSSR count). The van der Waals surface area contributed by atoms with Crippen molar-refractivity contribution in [3.8, 4) is 11.4 Å². The van der Waals surface area contributed by atoms with E-state index in [4.69, 9.17) is 21.9 Å². The average molecular weight is 335 g/mol. The molecule has 1 aliphatic rings. The standard InChI is InChI=1S/C16H19ClN4O2/c17-12-5-1-4-11(7-12)16-20-15(23-21-16)9-19-14(22)8-10-3-2-6-13(10)18/h1,4-5,7,10,13H,2-3,6,8-9,18H2,(H,19,22)/t10-,13+/m0/s1. The SMILES string of the molecule is N[C@@H]1CCC[C@H]1CC(=O)NCc1nc(-c2cccc(Cl)c2)no1. The number of hydrogen-bond acceptors (Lipinski definition) is 5. The Balaban J connectivity index is 1.54. The molecular weight excluding hydrogens is 316 g/mol. The number of nitrogens with zero attached hydrogens (tertiary/aromatic N) is 2. The van der Waals surface area contributed by atoms with E-state index in [1.54, 1.807) is 12.1 Å². The maximum Gasteiger partial charge on any atom is 0.246 e. The molecule has 23 heavy (non-hydrogen) atoms. The van der Waals surface area contributed by atoms with Crippen molar-refractivity contribution in [3.05, 3.63) is 35.2 Å². The lowest BCUT2D eigenvalue weighted by Crippen LogP contribution is -2.31. The van der Waals surface area contributed by atoms with Gasteiger partial charge in [0.15, 0.2) is 0 Å². The van der Waals surface area contributed by atoms with Crippen LogP contribution in [0.4, 0.5) is 0 Å². The Morgan fingerprint density at radius 1 is 1.43 bits per heavy atom. The topological polar surface area (TPSA) is 94.0 Å². The van der Waals surface area contributed by atoms with Gasteiger partial charge in [0, 0.05) is 23.0 Å². The lowest BCUT2D eigenvalue weighted by molar-refractivity contribution is -0.122. The first-order valence-electron chi connectivity index (χ1n) is 7.72. The summed E-state index contributed by atoms with van der Waals surface area (Å²) in [6.45, 7) is 0.217. The van der Waals surface area contributed by atoms with Crippen LogP contribution in [0.5, 0.6) is 0 Å². The second kappa shape index (κ2) is 7.10. The monoisotopic (exact) mass is 334 g/mol. The van der Waals surface area contributed by atoms with E-state index in [2.05, 4.69) is 15.5 Å². The Kier molecular flexibility index (Phi) is 4.93. The fourth-order valence-electron chi connectivity index (χ4n) is 2.87. The molecule has 2 atom stereocenters. The van der Waals surface area contributed by atoms with Crippen LogP contribution >= 0.6 is 11.6 Å². The zero-order valence-corrected chi connectivity index (χ0v) is 13.4. The molecule has 0 unspecified atom stereocenters. The molecule has 1 aromatic heterocycles. The molecule has 1 heterocycles. The van der Waals surface area contributed by atoms with Gasteiger partial charge < -0.3 is 15.6 Å². The van der Waals surface area contributed by atoms with Crippen LogP contribution in [-0.4, -0.2) is 22.1 Å². The van der Waals surface area contributed by atoms with Crippen molar-refractivity contribution in [2.45, 2.75) is 38.3 Å². The van der Waals surface area contributed by atoms with Crippen LogP contribution in [0.2, 0.25) is 5.02 Å². The van der Waals surface area contributed by atoms with Crippen molar-refractivity contribution < 1.29 is 9.32 Å². The highest BCUT2D eigenvalue weighted by atomic mass is 35.5. The lowest BCUT2D eigenvalue weighted by atomic mass is 10.00. The fourth-order valence-corrected chi connectivity index (χ4v) is 3.07. The van der Waals surface area contributed by atoms with Crippen LogP contribution in [0, 0.1) is 5.92 Å². The van der Waals surface area contributed by atoms with Gasteiger partial charge >= 0.3 is 0 Å². The van der Waals surface area contributed by atoms with Gasteiger partial charge in [-0.25, -0.2) is 0 Å². The minimum atomic E-state index is -0.0325. The van der Waals surface area contributed by atoms with Gasteiger partial charge in [-0.2, -0.15) is 4.98 Å². The van der Waals surface area contributed by atoms with E-state index in [0.717, 1.165) is 24.8 Å². The van der Waals surface area contributed by atoms with Gasteiger partial charge in [0.25, 0.3) is 0 Å². The van der Waals surface area contributed by atoms with Crippen molar-refractivity contribution in [2.24, 2.45) is 11.7 Å². The molecule has 0 radical (unpaired) electrons. The summed E-state index contributed by atoms with van der Waals surface area (Å²) < 4.78 is 5.16. The van der Waals surface area contributed by atoms with Gasteiger partial charge in [0.1, 0.15) is 0 Å². The molecule has 0 saturated heterocycles. The van der Waals surface area contributed by atoms with E-state index in [0.29, 0.717) is 23.2 Å². The second-order valence-corrected chi connectivity index (χ2v) is 6.29. The number of hydrogen-bond donors (Lipinski definition) is 2. The molecule has 0 spiro atoms. The first kappa shape index (κ1) is 16.0. The maximum atomic E-state index is 12.0. The number of benzene rings is 1. The number of nitrogens with two attached hydrogens (primary N) is 1. The number of aromatic nitrogens is 2. The molecule has 2 aromatic rings. The Labute approximate surface area is 139 Å². The van der Waals surface area contributed by atoms with Crippen LogP contribution in [0.3, 0.4) is 0 Å². The zero-order chi connectivity index (χ0) is 16.2. The third-order valence-corrected chi connectivity index (χ3v) is 4.39. The molecule has 122 valence electrons. The Bertz CT molecular complexity index is 688. The van der Waals surface area contributed by atoms with E-state index < -0.39 is 0 Å². The predicted octanol–water partition coefficient (Wildman–Crippen LogP) is 2.52. The molecule has 0 bridgehead atoms. The Morgan fingerprint density at radius 3 is 3.04 bits per heavy atom. The molecule has 1 aliphatic carbocycles. The Morgan fingerprint density at radius 2 is 2.30 bits per heavy atom. The fraction of sp³-hybridized carbons (Fsp3) is 0.438. The summed E-state index contributed by atoms with van der Waals surface area (Å²) in [6, 6.07) is 7.34. The molecule has 3 N–H and O–H groups in total. The van der Waals surface area contributed by atoms with E-state index in [-0.39, 0.29) is 24.4 Å². The van der Waals surface area contributed by atoms with Gasteiger partial charge in [-0.15, -0.1) is 0 Å². The molecule has 1 aromatic carbocycles. The van der Waals surface area contributed by atoms with Gasteiger partial charge in [-0.05, 0) is 30.9 Å². The molecule has 6 nitrogen and oxygen atoms in total. The summed E-state index contributed by atoms with van der Waals surface area (Å²) in [6.07, 6.45) is 3.58. The van der Waals surface area contributed by atoms with Crippen LogP contribution in [0.1, 0.15) is 31.6 Å². The first-order valence-corrected chi connectivity index (χ1v) is 8.10. The number of rotatable bonds is 5. The van der Waals surface area contributed by atoms with Crippen molar-refractivity contribution in [1.82, 2.24) is 15.5 Å². The molecule has 7 heteroatoms.